The second-order valence-electron chi connectivity index (χ2n) is 4.57. The SMILES string of the molecule is O=C(COc1ccccc1Cl)Nc1ccccc1Sc1nncs1. The summed E-state index contributed by atoms with van der Waals surface area (Å²) in [6.07, 6.45) is 0. The Balaban J connectivity index is 1.63. The van der Waals surface area contributed by atoms with Gasteiger partial charge < -0.3 is 10.1 Å². The normalized spacial score (nSPS) is 10.4. The summed E-state index contributed by atoms with van der Waals surface area (Å²) in [6.45, 7) is -0.123. The lowest BCUT2D eigenvalue weighted by Crippen LogP contribution is -2.20. The second kappa shape index (κ2) is 8.14. The Morgan fingerprint density at radius 2 is 2.00 bits per heavy atom. The zero-order valence-corrected chi connectivity index (χ0v) is 14.7. The molecular weight excluding hydrogens is 366 g/mol. The van der Waals surface area contributed by atoms with Gasteiger partial charge in [0, 0.05) is 4.90 Å². The lowest BCUT2D eigenvalue weighted by atomic mass is 10.3. The molecule has 0 bridgehead atoms. The molecule has 0 atom stereocenters. The highest BCUT2D eigenvalue weighted by Crippen LogP contribution is 2.33. The molecule has 0 fully saturated rings. The van der Waals surface area contributed by atoms with E-state index in [4.69, 9.17) is 16.3 Å². The van der Waals surface area contributed by atoms with Crippen LogP contribution >= 0.6 is 34.7 Å². The molecule has 1 N–H and O–H groups in total. The average Bonchev–Trinajstić information content (AvgIpc) is 3.09. The Morgan fingerprint density at radius 3 is 2.79 bits per heavy atom. The molecule has 3 aromatic rings. The predicted octanol–water partition coefficient (Wildman–Crippen LogP) is 4.36. The van der Waals surface area contributed by atoms with Crippen molar-refractivity contribution >= 4 is 46.3 Å². The highest BCUT2D eigenvalue weighted by atomic mass is 35.5. The zero-order chi connectivity index (χ0) is 16.8. The summed E-state index contributed by atoms with van der Waals surface area (Å²) in [5.41, 5.74) is 2.37. The van der Waals surface area contributed by atoms with Crippen molar-refractivity contribution in [3.05, 3.63) is 59.1 Å². The number of hydrogen-bond acceptors (Lipinski definition) is 6. The van der Waals surface area contributed by atoms with Gasteiger partial charge in [-0.15, -0.1) is 10.2 Å². The van der Waals surface area contributed by atoms with Crippen LogP contribution in [0.4, 0.5) is 5.69 Å². The first-order chi connectivity index (χ1) is 11.7. The van der Waals surface area contributed by atoms with E-state index in [-0.39, 0.29) is 12.5 Å². The molecule has 122 valence electrons. The number of amides is 1. The first-order valence-corrected chi connectivity index (χ1v) is 9.00. The number of para-hydroxylation sites is 2. The van der Waals surface area contributed by atoms with Crippen molar-refractivity contribution in [2.24, 2.45) is 0 Å². The van der Waals surface area contributed by atoms with E-state index in [0.717, 1.165) is 9.24 Å². The number of carbonyl (C=O) groups is 1. The molecule has 5 nitrogen and oxygen atoms in total. The number of carbonyl (C=O) groups excluding carboxylic acids is 1. The molecule has 0 aliphatic carbocycles. The van der Waals surface area contributed by atoms with Gasteiger partial charge in [0.15, 0.2) is 10.9 Å². The molecule has 8 heteroatoms. The van der Waals surface area contributed by atoms with Crippen LogP contribution in [0.15, 0.2) is 63.3 Å². The minimum atomic E-state index is -0.264. The quantitative estimate of drug-likeness (QED) is 0.691. The van der Waals surface area contributed by atoms with Crippen LogP contribution in [0, 0.1) is 0 Å². The fourth-order valence-electron chi connectivity index (χ4n) is 1.85. The summed E-state index contributed by atoms with van der Waals surface area (Å²) in [5.74, 6) is 0.214. The second-order valence-corrected chi connectivity index (χ2v) is 7.10. The topological polar surface area (TPSA) is 64.1 Å². The number of ether oxygens (including phenoxy) is 1. The number of hydrogen-bond donors (Lipinski definition) is 1. The molecule has 1 amide bonds. The number of rotatable bonds is 6. The van der Waals surface area contributed by atoms with E-state index in [1.165, 1.54) is 23.1 Å². The number of nitrogens with zero attached hydrogens (tertiary/aromatic N) is 2. The van der Waals surface area contributed by atoms with Crippen LogP contribution in [0.1, 0.15) is 0 Å². The van der Waals surface area contributed by atoms with Gasteiger partial charge in [-0.3, -0.25) is 4.79 Å². The highest BCUT2D eigenvalue weighted by Gasteiger charge is 2.10. The first kappa shape index (κ1) is 16.8. The van der Waals surface area contributed by atoms with Gasteiger partial charge >= 0.3 is 0 Å². The van der Waals surface area contributed by atoms with E-state index >= 15 is 0 Å². The molecule has 2 aromatic carbocycles. The van der Waals surface area contributed by atoms with Gasteiger partial charge in [0.25, 0.3) is 5.91 Å². The summed E-state index contributed by atoms with van der Waals surface area (Å²) < 4.78 is 6.25. The van der Waals surface area contributed by atoms with Gasteiger partial charge in [-0.05, 0) is 24.3 Å². The van der Waals surface area contributed by atoms with E-state index in [1.54, 1.807) is 29.8 Å². The van der Waals surface area contributed by atoms with Crippen LogP contribution in [0.5, 0.6) is 5.75 Å². The fourth-order valence-corrected chi connectivity index (χ4v) is 3.56. The van der Waals surface area contributed by atoms with E-state index in [2.05, 4.69) is 15.5 Å². The molecule has 1 aromatic heterocycles. The Hall–Kier alpha value is -2.09. The largest absolute Gasteiger partial charge is 0.482 e. The Morgan fingerprint density at radius 1 is 1.21 bits per heavy atom. The molecule has 0 unspecified atom stereocenters. The molecule has 0 aliphatic rings. The molecule has 1 heterocycles. The molecule has 0 saturated carbocycles. The number of anilines is 1. The van der Waals surface area contributed by atoms with Crippen molar-refractivity contribution in [2.75, 3.05) is 11.9 Å². The van der Waals surface area contributed by atoms with Crippen LogP contribution in [0.25, 0.3) is 0 Å². The maximum absolute atomic E-state index is 12.1. The molecule has 24 heavy (non-hydrogen) atoms. The number of benzene rings is 2. The number of nitrogens with one attached hydrogen (secondary N) is 1. The van der Waals surface area contributed by atoms with Gasteiger partial charge in [-0.25, -0.2) is 0 Å². The molecular formula is C16H12ClN3O2S2. The van der Waals surface area contributed by atoms with Crippen LogP contribution in [0.2, 0.25) is 5.02 Å². The van der Waals surface area contributed by atoms with E-state index in [1.807, 2.05) is 24.3 Å². The minimum Gasteiger partial charge on any atom is -0.482 e. The van der Waals surface area contributed by atoms with Crippen molar-refractivity contribution in [1.29, 1.82) is 0 Å². The Labute approximate surface area is 152 Å². The third-order valence-corrected chi connectivity index (χ3v) is 5.06. The summed E-state index contributed by atoms with van der Waals surface area (Å²) in [6, 6.07) is 14.5. The zero-order valence-electron chi connectivity index (χ0n) is 12.3. The first-order valence-electron chi connectivity index (χ1n) is 6.92. The molecule has 0 radical (unpaired) electrons. The standard InChI is InChI=1S/C16H12ClN3O2S2/c17-11-5-1-3-7-13(11)22-9-15(21)19-12-6-2-4-8-14(12)24-16-20-18-10-23-16/h1-8,10H,9H2,(H,19,21). The maximum Gasteiger partial charge on any atom is 0.262 e. The van der Waals surface area contributed by atoms with Crippen molar-refractivity contribution in [1.82, 2.24) is 10.2 Å². The Bertz CT molecular complexity index is 828. The lowest BCUT2D eigenvalue weighted by Gasteiger charge is -2.11. The van der Waals surface area contributed by atoms with Gasteiger partial charge in [0.05, 0.1) is 10.7 Å². The van der Waals surface area contributed by atoms with Crippen LogP contribution < -0.4 is 10.1 Å². The van der Waals surface area contributed by atoms with Crippen LogP contribution in [-0.2, 0) is 4.79 Å². The Kier molecular flexibility index (Phi) is 5.68. The molecule has 0 saturated heterocycles. The highest BCUT2D eigenvalue weighted by molar-refractivity contribution is 8.01. The fraction of sp³-hybridized carbons (Fsp3) is 0.0625. The third kappa shape index (κ3) is 4.47. The van der Waals surface area contributed by atoms with Crippen molar-refractivity contribution in [3.8, 4) is 5.75 Å². The molecule has 0 aliphatic heterocycles. The van der Waals surface area contributed by atoms with Gasteiger partial charge in [-0.2, -0.15) is 0 Å². The average molecular weight is 378 g/mol. The van der Waals surface area contributed by atoms with Gasteiger partial charge in [-0.1, -0.05) is 59.0 Å². The number of halogens is 1. The van der Waals surface area contributed by atoms with Crippen LogP contribution in [0.3, 0.4) is 0 Å². The van der Waals surface area contributed by atoms with E-state index < -0.39 is 0 Å². The summed E-state index contributed by atoms with van der Waals surface area (Å²) in [7, 11) is 0. The van der Waals surface area contributed by atoms with Gasteiger partial charge in [0.1, 0.15) is 11.3 Å². The van der Waals surface area contributed by atoms with Crippen molar-refractivity contribution < 1.29 is 9.53 Å². The van der Waals surface area contributed by atoms with Crippen molar-refractivity contribution in [3.63, 3.8) is 0 Å². The van der Waals surface area contributed by atoms with E-state index in [9.17, 15) is 4.79 Å². The summed E-state index contributed by atoms with van der Waals surface area (Å²) in [4.78, 5) is 13.0. The third-order valence-electron chi connectivity index (χ3n) is 2.89. The molecule has 3 rings (SSSR count). The van der Waals surface area contributed by atoms with Crippen molar-refractivity contribution in [2.45, 2.75) is 9.24 Å². The number of aromatic nitrogens is 2. The summed E-state index contributed by atoms with van der Waals surface area (Å²) >= 11 is 8.89. The molecule has 0 spiro atoms. The van der Waals surface area contributed by atoms with E-state index in [0.29, 0.717) is 16.5 Å². The lowest BCUT2D eigenvalue weighted by molar-refractivity contribution is -0.118. The minimum absolute atomic E-state index is 0.123. The summed E-state index contributed by atoms with van der Waals surface area (Å²) in [5, 5.41) is 11.1. The predicted molar refractivity (Wildman–Crippen MR) is 96.1 cm³/mol. The van der Waals surface area contributed by atoms with Crippen LogP contribution in [-0.4, -0.2) is 22.7 Å². The smallest absolute Gasteiger partial charge is 0.262 e. The monoisotopic (exact) mass is 377 g/mol. The maximum atomic E-state index is 12.1. The van der Waals surface area contributed by atoms with Gasteiger partial charge in [0.2, 0.25) is 0 Å².